The number of carbonyl (C=O) groups is 1. The number of hydrogen-bond acceptors (Lipinski definition) is 4. The minimum Gasteiger partial charge on any atom is -0.381 e. The monoisotopic (exact) mass is 350 g/mol. The summed E-state index contributed by atoms with van der Waals surface area (Å²) in [6.45, 7) is 4.56. The zero-order valence-electron chi connectivity index (χ0n) is 14.5. The van der Waals surface area contributed by atoms with Crippen LogP contribution in [-0.2, 0) is 16.1 Å². The second-order valence-electron chi connectivity index (χ2n) is 6.84. The Hall–Kier alpha value is -1.60. The van der Waals surface area contributed by atoms with Gasteiger partial charge in [-0.15, -0.1) is 11.3 Å². The smallest absolute Gasteiger partial charge is 0.243 e. The Morgan fingerprint density at radius 3 is 3.04 bits per heavy atom. The van der Waals surface area contributed by atoms with Gasteiger partial charge in [0.25, 0.3) is 0 Å². The number of carbonyl (C=O) groups excluding carboxylic acids is 1. The number of nitrogens with one attached hydrogen (secondary N) is 1. The second-order valence-corrected chi connectivity index (χ2v) is 7.87. The van der Waals surface area contributed by atoms with Gasteiger partial charge in [-0.3, -0.25) is 4.79 Å². The van der Waals surface area contributed by atoms with Crippen molar-refractivity contribution in [2.45, 2.75) is 19.4 Å². The van der Waals surface area contributed by atoms with Crippen molar-refractivity contribution in [2.24, 2.45) is 10.4 Å². The minimum atomic E-state index is 0.0172. The molecule has 7 heteroatoms. The van der Waals surface area contributed by atoms with Gasteiger partial charge >= 0.3 is 0 Å². The van der Waals surface area contributed by atoms with Gasteiger partial charge < -0.3 is 19.9 Å². The van der Waals surface area contributed by atoms with Crippen LogP contribution >= 0.6 is 11.3 Å². The van der Waals surface area contributed by atoms with Crippen LogP contribution in [0.1, 0.15) is 17.7 Å². The largest absolute Gasteiger partial charge is 0.381 e. The lowest BCUT2D eigenvalue weighted by Crippen LogP contribution is -2.42. The van der Waals surface area contributed by atoms with Gasteiger partial charge in [-0.25, -0.2) is 4.99 Å². The van der Waals surface area contributed by atoms with Crippen LogP contribution in [-0.4, -0.2) is 68.6 Å². The lowest BCUT2D eigenvalue weighted by atomic mass is 9.87. The molecule has 1 spiro atoms. The van der Waals surface area contributed by atoms with E-state index >= 15 is 0 Å². The average Bonchev–Trinajstić information content (AvgIpc) is 3.31. The Balaban J connectivity index is 1.66. The summed E-state index contributed by atoms with van der Waals surface area (Å²) in [7, 11) is 3.52. The third-order valence-corrected chi connectivity index (χ3v) is 5.66. The molecule has 0 aliphatic carbocycles. The standard InChI is InChI=1S/C17H26N4O2S/c1-20(2)15(22)11-19-16(18-10-14-4-3-9-24-14)21-7-5-17(12-21)6-8-23-13-17/h3-4,9H,5-8,10-13H2,1-2H3,(H,18,19). The van der Waals surface area contributed by atoms with Gasteiger partial charge in [-0.05, 0) is 24.3 Å². The predicted octanol–water partition coefficient (Wildman–Crippen LogP) is 1.39. The molecule has 2 aliphatic rings. The number of ether oxygens (including phenoxy) is 1. The number of likely N-dealkylation sites (tertiary alicyclic amines) is 1. The summed E-state index contributed by atoms with van der Waals surface area (Å²) < 4.78 is 5.61. The van der Waals surface area contributed by atoms with Crippen molar-refractivity contribution in [1.29, 1.82) is 0 Å². The summed E-state index contributed by atoms with van der Waals surface area (Å²) in [4.78, 5) is 21.6. The van der Waals surface area contributed by atoms with Gasteiger partial charge in [0.2, 0.25) is 5.91 Å². The van der Waals surface area contributed by atoms with Crippen molar-refractivity contribution in [3.8, 4) is 0 Å². The Kier molecular flexibility index (Phi) is 5.40. The molecule has 132 valence electrons. The van der Waals surface area contributed by atoms with Crippen molar-refractivity contribution in [3.05, 3.63) is 22.4 Å². The highest BCUT2D eigenvalue weighted by atomic mass is 32.1. The van der Waals surface area contributed by atoms with E-state index in [0.29, 0.717) is 0 Å². The molecule has 1 atom stereocenters. The summed E-state index contributed by atoms with van der Waals surface area (Å²) in [5.74, 6) is 0.853. The minimum absolute atomic E-state index is 0.0172. The first-order chi connectivity index (χ1) is 11.6. The number of rotatable bonds is 4. The average molecular weight is 350 g/mol. The van der Waals surface area contributed by atoms with E-state index < -0.39 is 0 Å². The van der Waals surface area contributed by atoms with Crippen molar-refractivity contribution < 1.29 is 9.53 Å². The van der Waals surface area contributed by atoms with E-state index in [1.807, 2.05) is 0 Å². The molecule has 2 aliphatic heterocycles. The van der Waals surface area contributed by atoms with Gasteiger partial charge in [-0.2, -0.15) is 0 Å². The Morgan fingerprint density at radius 1 is 1.50 bits per heavy atom. The van der Waals surface area contributed by atoms with Crippen molar-refractivity contribution >= 4 is 23.2 Å². The molecule has 1 aromatic rings. The summed E-state index contributed by atoms with van der Waals surface area (Å²) in [5, 5.41) is 5.51. The van der Waals surface area contributed by atoms with E-state index in [9.17, 15) is 4.79 Å². The Morgan fingerprint density at radius 2 is 2.38 bits per heavy atom. The fraction of sp³-hybridized carbons (Fsp3) is 0.647. The number of thiophene rings is 1. The molecule has 3 rings (SSSR count). The first kappa shape index (κ1) is 17.2. The normalized spacial score (nSPS) is 23.9. The molecule has 1 unspecified atom stereocenters. The summed E-state index contributed by atoms with van der Waals surface area (Å²) in [6.07, 6.45) is 2.26. The number of guanidine groups is 1. The van der Waals surface area contributed by atoms with Crippen LogP contribution in [0.2, 0.25) is 0 Å². The maximum Gasteiger partial charge on any atom is 0.243 e. The molecule has 1 aromatic heterocycles. The molecule has 0 saturated carbocycles. The van der Waals surface area contributed by atoms with E-state index in [0.717, 1.165) is 51.6 Å². The summed E-state index contributed by atoms with van der Waals surface area (Å²) in [6, 6.07) is 4.16. The quantitative estimate of drug-likeness (QED) is 0.659. The predicted molar refractivity (Wildman–Crippen MR) is 96.2 cm³/mol. The van der Waals surface area contributed by atoms with Crippen molar-refractivity contribution in [3.63, 3.8) is 0 Å². The zero-order valence-corrected chi connectivity index (χ0v) is 15.3. The maximum absolute atomic E-state index is 11.9. The fourth-order valence-corrected chi connectivity index (χ4v) is 3.86. The maximum atomic E-state index is 11.9. The van der Waals surface area contributed by atoms with E-state index in [1.54, 1.807) is 30.3 Å². The van der Waals surface area contributed by atoms with Gasteiger partial charge in [0.15, 0.2) is 5.96 Å². The van der Waals surface area contributed by atoms with E-state index in [-0.39, 0.29) is 17.9 Å². The van der Waals surface area contributed by atoms with E-state index in [2.05, 4.69) is 32.7 Å². The molecule has 0 radical (unpaired) electrons. The summed E-state index contributed by atoms with van der Waals surface area (Å²) >= 11 is 1.72. The highest BCUT2D eigenvalue weighted by molar-refractivity contribution is 7.09. The second kappa shape index (κ2) is 7.53. The molecule has 1 N–H and O–H groups in total. The van der Waals surface area contributed by atoms with Crippen LogP contribution < -0.4 is 5.32 Å². The fourth-order valence-electron chi connectivity index (χ4n) is 3.22. The molecule has 6 nitrogen and oxygen atoms in total. The summed E-state index contributed by atoms with van der Waals surface area (Å²) in [5.41, 5.74) is 0.275. The van der Waals surface area contributed by atoms with Gasteiger partial charge in [0.05, 0.1) is 13.2 Å². The molecule has 2 fully saturated rings. The SMILES string of the molecule is CN(C)C(=O)CN=C(NCc1cccs1)N1CCC2(CCOC2)C1. The topological polar surface area (TPSA) is 57.2 Å². The van der Waals surface area contributed by atoms with Crippen molar-refractivity contribution in [2.75, 3.05) is 46.9 Å². The first-order valence-electron chi connectivity index (χ1n) is 8.42. The van der Waals surface area contributed by atoms with Gasteiger partial charge in [-0.1, -0.05) is 6.07 Å². The third-order valence-electron chi connectivity index (χ3n) is 4.79. The van der Waals surface area contributed by atoms with Crippen LogP contribution in [0.25, 0.3) is 0 Å². The molecular weight excluding hydrogens is 324 g/mol. The number of likely N-dealkylation sites (N-methyl/N-ethyl adjacent to an activating group) is 1. The van der Waals surface area contributed by atoms with E-state index in [1.165, 1.54) is 4.88 Å². The van der Waals surface area contributed by atoms with Crippen molar-refractivity contribution in [1.82, 2.24) is 15.1 Å². The van der Waals surface area contributed by atoms with Gasteiger partial charge in [0, 0.05) is 44.1 Å². The number of hydrogen-bond donors (Lipinski definition) is 1. The van der Waals surface area contributed by atoms with Crippen LogP contribution in [0.4, 0.5) is 0 Å². The molecule has 1 amide bonds. The van der Waals surface area contributed by atoms with Crippen LogP contribution in [0, 0.1) is 5.41 Å². The van der Waals surface area contributed by atoms with Crippen LogP contribution in [0.15, 0.2) is 22.5 Å². The third kappa shape index (κ3) is 4.08. The molecule has 3 heterocycles. The first-order valence-corrected chi connectivity index (χ1v) is 9.30. The van der Waals surface area contributed by atoms with Crippen LogP contribution in [0.3, 0.4) is 0 Å². The molecule has 0 aromatic carbocycles. The number of amides is 1. The molecular formula is C17H26N4O2S. The Bertz CT molecular complexity index is 579. The highest BCUT2D eigenvalue weighted by Crippen LogP contribution is 2.38. The lowest BCUT2D eigenvalue weighted by Gasteiger charge is -2.25. The number of nitrogens with zero attached hydrogens (tertiary/aromatic N) is 3. The Labute approximate surface area is 147 Å². The van der Waals surface area contributed by atoms with E-state index in [4.69, 9.17) is 4.74 Å². The van der Waals surface area contributed by atoms with Gasteiger partial charge in [0.1, 0.15) is 6.54 Å². The number of aliphatic imine (C=N–C) groups is 1. The molecule has 0 bridgehead atoms. The highest BCUT2D eigenvalue weighted by Gasteiger charge is 2.42. The molecule has 24 heavy (non-hydrogen) atoms. The lowest BCUT2D eigenvalue weighted by molar-refractivity contribution is -0.127. The van der Waals surface area contributed by atoms with Crippen LogP contribution in [0.5, 0.6) is 0 Å². The molecule has 2 saturated heterocycles. The zero-order chi connectivity index (χ0) is 17.0.